The molecule has 0 aliphatic carbocycles. The van der Waals surface area contributed by atoms with Crippen molar-refractivity contribution >= 4 is 34.4 Å². The molecule has 1 aromatic heterocycles. The van der Waals surface area contributed by atoms with E-state index in [0.717, 1.165) is 10.0 Å². The van der Waals surface area contributed by atoms with Crippen LogP contribution in [0, 0.1) is 11.7 Å². The van der Waals surface area contributed by atoms with Gasteiger partial charge in [0.15, 0.2) is 0 Å². The lowest BCUT2D eigenvalue weighted by Gasteiger charge is -2.09. The lowest BCUT2D eigenvalue weighted by molar-refractivity contribution is 0.392. The van der Waals surface area contributed by atoms with Gasteiger partial charge in [-0.15, -0.1) is 0 Å². The molecule has 8 heteroatoms. The van der Waals surface area contributed by atoms with Gasteiger partial charge >= 0.3 is 0 Å². The summed E-state index contributed by atoms with van der Waals surface area (Å²) in [6, 6.07) is 3.65. The van der Waals surface area contributed by atoms with E-state index in [9.17, 15) is 0 Å². The molecule has 2 rings (SSSR count). The SMILES string of the molecule is COc1cc(OC)c(/C=N\n2c(C)n[nH]c2=S)cc1Br. The van der Waals surface area contributed by atoms with E-state index < -0.39 is 0 Å². The van der Waals surface area contributed by atoms with Gasteiger partial charge in [0.05, 0.1) is 24.9 Å². The molecule has 106 valence electrons. The van der Waals surface area contributed by atoms with Gasteiger partial charge in [0, 0.05) is 11.6 Å². The summed E-state index contributed by atoms with van der Waals surface area (Å²) in [7, 11) is 3.19. The molecule has 0 fully saturated rings. The van der Waals surface area contributed by atoms with Crippen LogP contribution in [0.25, 0.3) is 0 Å². The first-order valence-corrected chi connectivity index (χ1v) is 6.87. The smallest absolute Gasteiger partial charge is 0.216 e. The predicted molar refractivity (Wildman–Crippen MR) is 82.4 cm³/mol. The average molecular weight is 357 g/mol. The zero-order valence-corrected chi connectivity index (χ0v) is 13.6. The summed E-state index contributed by atoms with van der Waals surface area (Å²) in [5, 5.41) is 11.0. The highest BCUT2D eigenvalue weighted by Gasteiger charge is 2.08. The van der Waals surface area contributed by atoms with Crippen LogP contribution in [0.3, 0.4) is 0 Å². The normalized spacial score (nSPS) is 11.0. The Labute approximate surface area is 129 Å². The fraction of sp³-hybridized carbons (Fsp3) is 0.250. The maximum absolute atomic E-state index is 5.32. The molecular formula is C12H13BrN4O2S. The largest absolute Gasteiger partial charge is 0.496 e. The van der Waals surface area contributed by atoms with Gasteiger partial charge in [-0.1, -0.05) is 0 Å². The Balaban J connectivity index is 2.43. The topological polar surface area (TPSA) is 64.4 Å². The van der Waals surface area contributed by atoms with E-state index in [4.69, 9.17) is 21.7 Å². The van der Waals surface area contributed by atoms with Crippen molar-refractivity contribution in [3.05, 3.63) is 32.8 Å². The Hall–Kier alpha value is -1.67. The Morgan fingerprint density at radius 2 is 2.05 bits per heavy atom. The lowest BCUT2D eigenvalue weighted by atomic mass is 10.2. The van der Waals surface area contributed by atoms with Crippen molar-refractivity contribution in [3.8, 4) is 11.5 Å². The first-order valence-electron chi connectivity index (χ1n) is 5.66. The summed E-state index contributed by atoms with van der Waals surface area (Å²) in [6.07, 6.45) is 1.65. The van der Waals surface area contributed by atoms with E-state index in [1.54, 1.807) is 26.5 Å². The van der Waals surface area contributed by atoms with Crippen molar-refractivity contribution in [3.63, 3.8) is 0 Å². The van der Waals surface area contributed by atoms with E-state index in [2.05, 4.69) is 31.2 Å². The van der Waals surface area contributed by atoms with Gasteiger partial charge in [0.2, 0.25) is 4.77 Å². The van der Waals surface area contributed by atoms with Crippen LogP contribution in [0.4, 0.5) is 0 Å². The number of aryl methyl sites for hydroxylation is 1. The Morgan fingerprint density at radius 3 is 2.60 bits per heavy atom. The van der Waals surface area contributed by atoms with Gasteiger partial charge in [0.25, 0.3) is 0 Å². The second-order valence-corrected chi connectivity index (χ2v) is 5.10. The van der Waals surface area contributed by atoms with Crippen LogP contribution in [0.2, 0.25) is 0 Å². The molecule has 0 aliphatic heterocycles. The van der Waals surface area contributed by atoms with E-state index in [-0.39, 0.29) is 0 Å². The highest BCUT2D eigenvalue weighted by atomic mass is 79.9. The van der Waals surface area contributed by atoms with Crippen LogP contribution in [0.1, 0.15) is 11.4 Å². The first kappa shape index (κ1) is 14.7. The maximum atomic E-state index is 5.32. The third-order valence-corrected chi connectivity index (χ3v) is 3.51. The van der Waals surface area contributed by atoms with Gasteiger partial charge < -0.3 is 9.47 Å². The van der Waals surface area contributed by atoms with Crippen LogP contribution in [0.5, 0.6) is 11.5 Å². The Bertz CT molecular complexity index is 708. The van der Waals surface area contributed by atoms with Gasteiger partial charge in [-0.25, -0.2) is 0 Å². The van der Waals surface area contributed by atoms with E-state index in [1.165, 1.54) is 4.68 Å². The van der Waals surface area contributed by atoms with Crippen molar-refractivity contribution in [2.45, 2.75) is 6.92 Å². The van der Waals surface area contributed by atoms with Crippen LogP contribution in [-0.2, 0) is 0 Å². The summed E-state index contributed by atoms with van der Waals surface area (Å²) in [4.78, 5) is 0. The van der Waals surface area contributed by atoms with Gasteiger partial charge in [0.1, 0.15) is 17.3 Å². The summed E-state index contributed by atoms with van der Waals surface area (Å²) in [6.45, 7) is 1.81. The minimum absolute atomic E-state index is 0.435. The van der Waals surface area contributed by atoms with Crippen LogP contribution < -0.4 is 9.47 Å². The molecular weight excluding hydrogens is 344 g/mol. The van der Waals surface area contributed by atoms with Crippen molar-refractivity contribution < 1.29 is 9.47 Å². The number of H-pyrrole nitrogens is 1. The van der Waals surface area contributed by atoms with E-state index in [1.807, 2.05) is 13.0 Å². The Morgan fingerprint density at radius 1 is 1.35 bits per heavy atom. The molecule has 0 radical (unpaired) electrons. The molecule has 0 atom stereocenters. The highest BCUT2D eigenvalue weighted by Crippen LogP contribution is 2.31. The molecule has 6 nitrogen and oxygen atoms in total. The standard InChI is InChI=1S/C12H13BrN4O2S/c1-7-15-16-12(20)17(7)14-6-8-4-9(13)11(19-3)5-10(8)18-2/h4-6H,1-3H3,(H,16,20)/b14-6-. The number of nitrogens with one attached hydrogen (secondary N) is 1. The van der Waals surface area contributed by atoms with Crippen LogP contribution >= 0.6 is 28.1 Å². The maximum Gasteiger partial charge on any atom is 0.216 e. The number of nitrogens with zero attached hydrogens (tertiary/aromatic N) is 3. The number of halogens is 1. The summed E-state index contributed by atoms with van der Waals surface area (Å²) in [5.74, 6) is 2.02. The molecule has 0 amide bonds. The number of benzene rings is 1. The predicted octanol–water partition coefficient (Wildman–Crippen LogP) is 2.91. The molecule has 1 aromatic carbocycles. The molecule has 1 heterocycles. The molecule has 0 aliphatic rings. The summed E-state index contributed by atoms with van der Waals surface area (Å²) >= 11 is 8.52. The molecule has 0 saturated heterocycles. The monoisotopic (exact) mass is 356 g/mol. The second-order valence-electron chi connectivity index (χ2n) is 3.86. The minimum Gasteiger partial charge on any atom is -0.496 e. The molecule has 20 heavy (non-hydrogen) atoms. The van der Waals surface area contributed by atoms with Gasteiger partial charge in [-0.3, -0.25) is 5.10 Å². The van der Waals surface area contributed by atoms with Gasteiger partial charge in [-0.05, 0) is 41.1 Å². The van der Waals surface area contributed by atoms with E-state index in [0.29, 0.717) is 22.1 Å². The zero-order chi connectivity index (χ0) is 14.7. The van der Waals surface area contributed by atoms with Crippen molar-refractivity contribution in [1.29, 1.82) is 0 Å². The highest BCUT2D eigenvalue weighted by molar-refractivity contribution is 9.10. The average Bonchev–Trinajstić information content (AvgIpc) is 2.76. The number of hydrogen-bond acceptors (Lipinski definition) is 5. The fourth-order valence-corrected chi connectivity index (χ4v) is 2.36. The second kappa shape index (κ2) is 6.19. The quantitative estimate of drug-likeness (QED) is 0.675. The molecule has 1 N–H and O–H groups in total. The van der Waals surface area contributed by atoms with E-state index >= 15 is 0 Å². The molecule has 0 bridgehead atoms. The number of aromatic nitrogens is 3. The van der Waals surface area contributed by atoms with Crippen LogP contribution in [-0.4, -0.2) is 35.3 Å². The van der Waals surface area contributed by atoms with Gasteiger partial charge in [-0.2, -0.15) is 14.9 Å². The van der Waals surface area contributed by atoms with Crippen molar-refractivity contribution in [1.82, 2.24) is 14.9 Å². The molecule has 0 saturated carbocycles. The number of rotatable bonds is 4. The van der Waals surface area contributed by atoms with Crippen molar-refractivity contribution in [2.75, 3.05) is 14.2 Å². The zero-order valence-electron chi connectivity index (χ0n) is 11.2. The Kier molecular flexibility index (Phi) is 4.56. The summed E-state index contributed by atoms with van der Waals surface area (Å²) in [5.41, 5.74) is 0.794. The summed E-state index contributed by atoms with van der Waals surface area (Å²) < 4.78 is 13.3. The fourth-order valence-electron chi connectivity index (χ4n) is 1.61. The van der Waals surface area contributed by atoms with Crippen LogP contribution in [0.15, 0.2) is 21.7 Å². The number of ether oxygens (including phenoxy) is 2. The lowest BCUT2D eigenvalue weighted by Crippen LogP contribution is -1.97. The number of methoxy groups -OCH3 is 2. The number of hydrogen-bond donors (Lipinski definition) is 1. The molecule has 0 unspecified atom stereocenters. The molecule has 0 spiro atoms. The van der Waals surface area contributed by atoms with Crippen molar-refractivity contribution in [2.24, 2.45) is 5.10 Å². The third kappa shape index (κ3) is 2.91. The number of aromatic amines is 1. The minimum atomic E-state index is 0.435. The molecule has 2 aromatic rings. The third-order valence-electron chi connectivity index (χ3n) is 2.63. The first-order chi connectivity index (χ1) is 9.56.